The molecule has 8 unspecified atom stereocenters. The summed E-state index contributed by atoms with van der Waals surface area (Å²) in [6.45, 7) is 12.1. The molecule has 3 nitrogen and oxygen atoms in total. The Hall–Kier alpha value is -0.830. The second-order valence-electron chi connectivity index (χ2n) is 13.6. The van der Waals surface area contributed by atoms with Crippen molar-refractivity contribution in [2.24, 2.45) is 51.2 Å². The van der Waals surface area contributed by atoms with Crippen molar-refractivity contribution in [3.63, 3.8) is 0 Å². The van der Waals surface area contributed by atoms with Gasteiger partial charge in [0.25, 0.3) is 0 Å². The minimum absolute atomic E-state index is 0.132. The van der Waals surface area contributed by atoms with Gasteiger partial charge in [-0.15, -0.1) is 0 Å². The lowest BCUT2D eigenvalue weighted by Crippen LogP contribution is -2.60. The average Bonchev–Trinajstić information content (AvgIpc) is 2.70. The molecular formula is C28H44O3. The van der Waals surface area contributed by atoms with E-state index in [2.05, 4.69) is 40.7 Å². The third-order valence-corrected chi connectivity index (χ3v) is 11.8. The van der Waals surface area contributed by atoms with E-state index in [1.54, 1.807) is 0 Å². The van der Waals surface area contributed by atoms with E-state index in [1.165, 1.54) is 18.4 Å². The van der Waals surface area contributed by atoms with Gasteiger partial charge in [0.15, 0.2) is 0 Å². The number of hydrogen-bond donors (Lipinski definition) is 2. The van der Waals surface area contributed by atoms with E-state index in [9.17, 15) is 15.0 Å². The highest BCUT2D eigenvalue weighted by atomic mass is 16.4. The van der Waals surface area contributed by atoms with E-state index < -0.39 is 11.4 Å². The number of aliphatic hydroxyl groups excluding tert-OH is 1. The molecule has 31 heavy (non-hydrogen) atoms. The van der Waals surface area contributed by atoms with Gasteiger partial charge >= 0.3 is 5.97 Å². The largest absolute Gasteiger partial charge is 0.481 e. The van der Waals surface area contributed by atoms with Crippen molar-refractivity contribution in [1.82, 2.24) is 0 Å². The average molecular weight is 429 g/mol. The van der Waals surface area contributed by atoms with Crippen molar-refractivity contribution >= 4 is 5.97 Å². The van der Waals surface area contributed by atoms with Crippen LogP contribution in [0.1, 0.15) is 98.8 Å². The molecule has 0 radical (unpaired) electrons. The molecule has 174 valence electrons. The molecule has 0 aromatic carbocycles. The number of aliphatic carboxylic acids is 1. The van der Waals surface area contributed by atoms with Crippen LogP contribution in [0.4, 0.5) is 0 Å². The van der Waals surface area contributed by atoms with Gasteiger partial charge in [-0.2, -0.15) is 0 Å². The van der Waals surface area contributed by atoms with Crippen LogP contribution in [0, 0.1) is 51.2 Å². The van der Waals surface area contributed by atoms with Gasteiger partial charge in [-0.25, -0.2) is 0 Å². The molecule has 0 aromatic rings. The van der Waals surface area contributed by atoms with Gasteiger partial charge in [0.05, 0.1) is 11.5 Å². The molecule has 0 amide bonds. The van der Waals surface area contributed by atoms with Gasteiger partial charge < -0.3 is 10.2 Å². The van der Waals surface area contributed by atoms with Crippen LogP contribution in [-0.4, -0.2) is 22.3 Å². The first kappa shape index (κ1) is 22.0. The van der Waals surface area contributed by atoms with Crippen LogP contribution in [0.15, 0.2) is 11.6 Å². The van der Waals surface area contributed by atoms with E-state index in [4.69, 9.17) is 0 Å². The molecule has 2 N–H and O–H groups in total. The van der Waals surface area contributed by atoms with Crippen molar-refractivity contribution in [2.45, 2.75) is 105 Å². The SMILES string of the molecule is CC1C(O)CCC2(C)C1CC[C@@]1(C)C3CCC4(C(=O)O)CCC(C)(C)CC4C3=CCC21. The third-order valence-electron chi connectivity index (χ3n) is 11.8. The van der Waals surface area contributed by atoms with Crippen molar-refractivity contribution in [3.8, 4) is 0 Å². The summed E-state index contributed by atoms with van der Waals surface area (Å²) in [6.07, 6.45) is 12.9. The molecule has 0 bridgehead atoms. The lowest BCUT2D eigenvalue weighted by molar-refractivity contribution is -0.170. The summed E-state index contributed by atoms with van der Waals surface area (Å²) < 4.78 is 0. The zero-order chi connectivity index (χ0) is 22.4. The Balaban J connectivity index is 1.54. The number of rotatable bonds is 1. The molecule has 3 heteroatoms. The molecule has 5 aliphatic rings. The summed E-state index contributed by atoms with van der Waals surface area (Å²) in [5.41, 5.74) is 1.84. The van der Waals surface area contributed by atoms with Crippen molar-refractivity contribution in [2.75, 3.05) is 0 Å². The molecule has 4 fully saturated rings. The Morgan fingerprint density at radius 1 is 0.935 bits per heavy atom. The standard InChI is InChI=1S/C28H44O3/c1-17-19-8-11-27(5)20-9-13-28(24(30)31)15-14-25(2,3)16-21(28)18(20)6-7-23(27)26(19,4)12-10-22(17)29/h6,17,19-23,29H,7-16H2,1-5H3,(H,30,31)/t17?,19?,20?,21?,22?,23?,26?,27-,28?/m0/s1. The van der Waals surface area contributed by atoms with E-state index in [0.717, 1.165) is 51.4 Å². The van der Waals surface area contributed by atoms with Crippen molar-refractivity contribution < 1.29 is 15.0 Å². The number of aliphatic hydroxyl groups is 1. The van der Waals surface area contributed by atoms with Crippen LogP contribution in [0.2, 0.25) is 0 Å². The fraction of sp³-hybridized carbons (Fsp3) is 0.893. The predicted molar refractivity (Wildman–Crippen MR) is 123 cm³/mol. The second-order valence-corrected chi connectivity index (χ2v) is 13.6. The van der Waals surface area contributed by atoms with Gasteiger partial charge in [0.2, 0.25) is 0 Å². The zero-order valence-electron chi connectivity index (χ0n) is 20.4. The quantitative estimate of drug-likeness (QED) is 0.472. The van der Waals surface area contributed by atoms with Gasteiger partial charge in [-0.3, -0.25) is 4.79 Å². The molecule has 5 rings (SSSR count). The Kier molecular flexibility index (Phi) is 4.85. The summed E-state index contributed by atoms with van der Waals surface area (Å²) in [4.78, 5) is 12.6. The highest BCUT2D eigenvalue weighted by Crippen LogP contribution is 2.70. The fourth-order valence-corrected chi connectivity index (χ4v) is 9.90. The molecule has 5 aliphatic carbocycles. The first-order chi connectivity index (χ1) is 14.4. The summed E-state index contributed by atoms with van der Waals surface area (Å²) in [5.74, 6) is 1.93. The van der Waals surface area contributed by atoms with E-state index >= 15 is 0 Å². The summed E-state index contributed by atoms with van der Waals surface area (Å²) in [7, 11) is 0. The minimum Gasteiger partial charge on any atom is -0.481 e. The van der Waals surface area contributed by atoms with Crippen LogP contribution in [0.25, 0.3) is 0 Å². The molecule has 0 spiro atoms. The van der Waals surface area contributed by atoms with Crippen LogP contribution in [0.3, 0.4) is 0 Å². The predicted octanol–water partition coefficient (Wildman–Crippen LogP) is 6.45. The monoisotopic (exact) mass is 428 g/mol. The number of carboxylic acids is 1. The first-order valence-corrected chi connectivity index (χ1v) is 13.1. The topological polar surface area (TPSA) is 57.5 Å². The van der Waals surface area contributed by atoms with Gasteiger partial charge in [-0.1, -0.05) is 46.3 Å². The molecular weight excluding hydrogens is 384 g/mol. The van der Waals surface area contributed by atoms with Crippen LogP contribution in [-0.2, 0) is 4.79 Å². The summed E-state index contributed by atoms with van der Waals surface area (Å²) >= 11 is 0. The first-order valence-electron chi connectivity index (χ1n) is 13.1. The van der Waals surface area contributed by atoms with E-state index in [-0.39, 0.29) is 22.9 Å². The van der Waals surface area contributed by atoms with E-state index in [1.807, 2.05) is 0 Å². The molecule has 0 aliphatic heterocycles. The Bertz CT molecular complexity index is 798. The summed E-state index contributed by atoms with van der Waals surface area (Å²) in [5, 5.41) is 20.9. The lowest BCUT2D eigenvalue weighted by atomic mass is 9.38. The maximum Gasteiger partial charge on any atom is 0.310 e. The molecule has 0 heterocycles. The lowest BCUT2D eigenvalue weighted by Gasteiger charge is -2.66. The number of fused-ring (bicyclic) bond motifs is 7. The van der Waals surface area contributed by atoms with Crippen LogP contribution in [0.5, 0.6) is 0 Å². The number of carbonyl (C=O) groups is 1. The smallest absolute Gasteiger partial charge is 0.310 e. The molecule has 0 saturated heterocycles. The number of allylic oxidation sites excluding steroid dienone is 2. The number of hydrogen-bond acceptors (Lipinski definition) is 2. The fourth-order valence-electron chi connectivity index (χ4n) is 9.90. The normalized spacial score (nSPS) is 53.3. The highest BCUT2D eigenvalue weighted by molar-refractivity contribution is 5.76. The van der Waals surface area contributed by atoms with Crippen molar-refractivity contribution in [3.05, 3.63) is 11.6 Å². The van der Waals surface area contributed by atoms with Gasteiger partial charge in [-0.05, 0) is 110 Å². The van der Waals surface area contributed by atoms with Crippen LogP contribution >= 0.6 is 0 Å². The Labute approximate surface area is 189 Å². The Morgan fingerprint density at radius 3 is 2.35 bits per heavy atom. The Morgan fingerprint density at radius 2 is 1.65 bits per heavy atom. The highest BCUT2D eigenvalue weighted by Gasteiger charge is 2.64. The van der Waals surface area contributed by atoms with Gasteiger partial charge in [0.1, 0.15) is 0 Å². The maximum absolute atomic E-state index is 12.6. The van der Waals surface area contributed by atoms with Gasteiger partial charge in [0, 0.05) is 0 Å². The zero-order valence-corrected chi connectivity index (χ0v) is 20.4. The van der Waals surface area contributed by atoms with Crippen molar-refractivity contribution in [1.29, 1.82) is 0 Å². The van der Waals surface area contributed by atoms with E-state index in [0.29, 0.717) is 29.1 Å². The minimum atomic E-state index is -0.537. The van der Waals surface area contributed by atoms with Crippen LogP contribution < -0.4 is 0 Å². The summed E-state index contributed by atoms with van der Waals surface area (Å²) in [6, 6.07) is 0. The second kappa shape index (κ2) is 6.84. The number of carboxylic acid groups (broad SMARTS) is 1. The molecule has 9 atom stereocenters. The molecule has 0 aromatic heterocycles. The third kappa shape index (κ3) is 2.90. The maximum atomic E-state index is 12.6. The molecule has 4 saturated carbocycles.